The highest BCUT2D eigenvalue weighted by atomic mass is 19.1. The zero-order valence-electron chi connectivity index (χ0n) is 13.1. The van der Waals surface area contributed by atoms with E-state index in [4.69, 9.17) is 4.74 Å². The summed E-state index contributed by atoms with van der Waals surface area (Å²) in [5.74, 6) is -0.744. The van der Waals surface area contributed by atoms with Crippen molar-refractivity contribution in [1.82, 2.24) is 0 Å². The third-order valence-corrected chi connectivity index (χ3v) is 3.02. The van der Waals surface area contributed by atoms with E-state index in [2.05, 4.69) is 17.2 Å². The molecule has 0 aliphatic rings. The zero-order chi connectivity index (χ0) is 17.5. The summed E-state index contributed by atoms with van der Waals surface area (Å²) in [6, 6.07) is 10.4. The molecule has 0 spiro atoms. The molecule has 0 heterocycles. The van der Waals surface area contributed by atoms with E-state index in [0.29, 0.717) is 23.6 Å². The molecule has 124 valence electrons. The molecule has 2 N–H and O–H groups in total. The van der Waals surface area contributed by atoms with E-state index in [0.717, 1.165) is 0 Å². The van der Waals surface area contributed by atoms with Crippen LogP contribution in [0.25, 0.3) is 0 Å². The Morgan fingerprint density at radius 3 is 2.50 bits per heavy atom. The van der Waals surface area contributed by atoms with Gasteiger partial charge in [0.15, 0.2) is 0 Å². The summed E-state index contributed by atoms with van der Waals surface area (Å²) in [7, 11) is 0. The first kappa shape index (κ1) is 17.2. The first-order chi connectivity index (χ1) is 11.5. The lowest BCUT2D eigenvalue weighted by atomic mass is 10.2. The van der Waals surface area contributed by atoms with Crippen molar-refractivity contribution in [2.45, 2.75) is 6.92 Å². The molecule has 2 aromatic rings. The first-order valence-corrected chi connectivity index (χ1v) is 7.22. The third kappa shape index (κ3) is 4.67. The van der Waals surface area contributed by atoms with E-state index in [1.54, 1.807) is 30.3 Å². The molecule has 0 saturated heterocycles. The van der Waals surface area contributed by atoms with Crippen molar-refractivity contribution >= 4 is 23.2 Å². The number of hydrogen-bond acceptors (Lipinski definition) is 3. The molecule has 2 aromatic carbocycles. The number of benzene rings is 2. The maximum absolute atomic E-state index is 13.8. The van der Waals surface area contributed by atoms with Crippen LogP contribution in [-0.4, -0.2) is 18.4 Å². The monoisotopic (exact) mass is 328 g/mol. The summed E-state index contributed by atoms with van der Waals surface area (Å²) < 4.78 is 19.2. The number of carbonyl (C=O) groups is 2. The Balaban J connectivity index is 2.11. The van der Waals surface area contributed by atoms with Gasteiger partial charge in [0, 0.05) is 18.2 Å². The van der Waals surface area contributed by atoms with Crippen LogP contribution in [0.4, 0.5) is 15.8 Å². The second kappa shape index (κ2) is 7.92. The van der Waals surface area contributed by atoms with Crippen molar-refractivity contribution in [3.8, 4) is 5.75 Å². The highest BCUT2D eigenvalue weighted by molar-refractivity contribution is 6.04. The molecule has 0 bridgehead atoms. The number of nitrogens with one attached hydrogen (secondary N) is 2. The topological polar surface area (TPSA) is 67.4 Å². The fourth-order valence-corrected chi connectivity index (χ4v) is 1.95. The molecule has 6 heteroatoms. The summed E-state index contributed by atoms with van der Waals surface area (Å²) in [5, 5.41) is 5.01. The molecule has 2 amide bonds. The van der Waals surface area contributed by atoms with Gasteiger partial charge in [0.2, 0.25) is 5.91 Å². The molecular weight excluding hydrogens is 311 g/mol. The lowest BCUT2D eigenvalue weighted by molar-refractivity contribution is -0.114. The van der Waals surface area contributed by atoms with Crippen molar-refractivity contribution in [3.05, 3.63) is 66.5 Å². The van der Waals surface area contributed by atoms with Gasteiger partial charge in [0.1, 0.15) is 18.2 Å². The lowest BCUT2D eigenvalue weighted by Gasteiger charge is -2.10. The van der Waals surface area contributed by atoms with E-state index < -0.39 is 11.7 Å². The number of amides is 2. The molecule has 0 atom stereocenters. The Bertz CT molecular complexity index is 757. The van der Waals surface area contributed by atoms with Gasteiger partial charge in [-0.2, -0.15) is 0 Å². The second-order valence-electron chi connectivity index (χ2n) is 4.95. The van der Waals surface area contributed by atoms with Crippen LogP contribution in [0.15, 0.2) is 55.1 Å². The van der Waals surface area contributed by atoms with E-state index in [1.807, 2.05) is 0 Å². The van der Waals surface area contributed by atoms with Crippen molar-refractivity contribution in [3.63, 3.8) is 0 Å². The largest absolute Gasteiger partial charge is 0.490 e. The number of carbonyl (C=O) groups excluding carboxylic acids is 2. The van der Waals surface area contributed by atoms with Gasteiger partial charge in [-0.25, -0.2) is 4.39 Å². The van der Waals surface area contributed by atoms with Crippen LogP contribution < -0.4 is 15.4 Å². The lowest BCUT2D eigenvalue weighted by Crippen LogP contribution is -2.14. The number of ether oxygens (including phenoxy) is 1. The predicted octanol–water partition coefficient (Wildman–Crippen LogP) is 3.60. The SMILES string of the molecule is C=CCOc1ccc(C(=O)Nc2cc(NC(C)=O)ccc2F)cc1. The standard InChI is InChI=1S/C18H17FN2O3/c1-3-10-24-15-7-4-13(5-8-15)18(23)21-17-11-14(20-12(2)22)6-9-16(17)19/h3-9,11H,1,10H2,2H3,(H,20,22)(H,21,23). The Morgan fingerprint density at radius 1 is 1.17 bits per heavy atom. The van der Waals surface area contributed by atoms with Gasteiger partial charge in [0.05, 0.1) is 5.69 Å². The summed E-state index contributed by atoms with van der Waals surface area (Å²) in [6.45, 7) is 5.26. The zero-order valence-corrected chi connectivity index (χ0v) is 13.1. The van der Waals surface area contributed by atoms with E-state index in [9.17, 15) is 14.0 Å². The van der Waals surface area contributed by atoms with Gasteiger partial charge in [-0.1, -0.05) is 12.7 Å². The van der Waals surface area contributed by atoms with Gasteiger partial charge in [0.25, 0.3) is 5.91 Å². The van der Waals surface area contributed by atoms with E-state index >= 15 is 0 Å². The second-order valence-corrected chi connectivity index (χ2v) is 4.95. The molecule has 0 saturated carbocycles. The van der Waals surface area contributed by atoms with Crippen molar-refractivity contribution in [2.75, 3.05) is 17.2 Å². The van der Waals surface area contributed by atoms with Gasteiger partial charge in [-0.3, -0.25) is 9.59 Å². The van der Waals surface area contributed by atoms with Gasteiger partial charge >= 0.3 is 0 Å². The molecule has 2 rings (SSSR count). The van der Waals surface area contributed by atoms with Crippen molar-refractivity contribution in [1.29, 1.82) is 0 Å². The van der Waals surface area contributed by atoms with Crippen LogP contribution in [0, 0.1) is 5.82 Å². The van der Waals surface area contributed by atoms with E-state index in [1.165, 1.54) is 25.1 Å². The van der Waals surface area contributed by atoms with Crippen LogP contribution in [0.2, 0.25) is 0 Å². The minimum Gasteiger partial charge on any atom is -0.490 e. The molecule has 0 unspecified atom stereocenters. The summed E-state index contributed by atoms with van der Waals surface area (Å²) in [6.07, 6.45) is 1.62. The number of hydrogen-bond donors (Lipinski definition) is 2. The predicted molar refractivity (Wildman–Crippen MR) is 90.8 cm³/mol. The number of rotatable bonds is 6. The summed E-state index contributed by atoms with van der Waals surface area (Å²) >= 11 is 0. The minimum absolute atomic E-state index is 0.0155. The van der Waals surface area contributed by atoms with Crippen LogP contribution in [-0.2, 0) is 4.79 Å². The van der Waals surface area contributed by atoms with Crippen molar-refractivity contribution in [2.24, 2.45) is 0 Å². The number of halogens is 1. The molecule has 0 aliphatic heterocycles. The van der Waals surface area contributed by atoms with Gasteiger partial charge in [-0.15, -0.1) is 0 Å². The molecule has 0 radical (unpaired) electrons. The Hall–Kier alpha value is -3.15. The van der Waals surface area contributed by atoms with Crippen LogP contribution in [0.5, 0.6) is 5.75 Å². The van der Waals surface area contributed by atoms with Crippen LogP contribution >= 0.6 is 0 Å². The molecule has 0 aromatic heterocycles. The molecule has 5 nitrogen and oxygen atoms in total. The third-order valence-electron chi connectivity index (χ3n) is 3.02. The normalized spacial score (nSPS) is 9.92. The van der Waals surface area contributed by atoms with E-state index in [-0.39, 0.29) is 11.6 Å². The average molecular weight is 328 g/mol. The summed E-state index contributed by atoms with van der Waals surface area (Å²) in [5.41, 5.74) is 0.732. The minimum atomic E-state index is -0.594. The number of anilines is 2. The Morgan fingerprint density at radius 2 is 1.88 bits per heavy atom. The van der Waals surface area contributed by atoms with Crippen LogP contribution in [0.3, 0.4) is 0 Å². The molecular formula is C18H17FN2O3. The van der Waals surface area contributed by atoms with Crippen LogP contribution in [0.1, 0.15) is 17.3 Å². The molecule has 24 heavy (non-hydrogen) atoms. The first-order valence-electron chi connectivity index (χ1n) is 7.22. The van der Waals surface area contributed by atoms with Crippen molar-refractivity contribution < 1.29 is 18.7 Å². The fraction of sp³-hybridized carbons (Fsp3) is 0.111. The summed E-state index contributed by atoms with van der Waals surface area (Å²) in [4.78, 5) is 23.3. The smallest absolute Gasteiger partial charge is 0.255 e. The molecule has 0 fully saturated rings. The Labute approximate surface area is 139 Å². The highest BCUT2D eigenvalue weighted by Gasteiger charge is 2.11. The average Bonchev–Trinajstić information content (AvgIpc) is 2.56. The maximum Gasteiger partial charge on any atom is 0.255 e. The molecule has 0 aliphatic carbocycles. The van der Waals surface area contributed by atoms with Gasteiger partial charge < -0.3 is 15.4 Å². The van der Waals surface area contributed by atoms with Gasteiger partial charge in [-0.05, 0) is 42.5 Å². The highest BCUT2D eigenvalue weighted by Crippen LogP contribution is 2.21. The maximum atomic E-state index is 13.8. The fourth-order valence-electron chi connectivity index (χ4n) is 1.95. The quantitative estimate of drug-likeness (QED) is 0.796. The Kier molecular flexibility index (Phi) is 5.68.